The molecule has 0 radical (unpaired) electrons. The van der Waals surface area contributed by atoms with Crippen molar-refractivity contribution in [2.24, 2.45) is 0 Å². The molecule has 0 saturated carbocycles. The molecule has 0 aliphatic heterocycles. The van der Waals surface area contributed by atoms with Crippen molar-refractivity contribution in [1.82, 2.24) is 10.6 Å². The van der Waals surface area contributed by atoms with Gasteiger partial charge in [0.2, 0.25) is 0 Å². The minimum absolute atomic E-state index is 0.0295. The highest BCUT2D eigenvalue weighted by atomic mass is 16.6. The van der Waals surface area contributed by atoms with Crippen molar-refractivity contribution in [3.63, 3.8) is 0 Å². The van der Waals surface area contributed by atoms with Crippen LogP contribution < -0.4 is 20.1 Å². The van der Waals surface area contributed by atoms with Gasteiger partial charge in [0.1, 0.15) is 0 Å². The van der Waals surface area contributed by atoms with Crippen molar-refractivity contribution in [3.05, 3.63) is 68.8 Å². The summed E-state index contributed by atoms with van der Waals surface area (Å²) in [6, 6.07) is 11.3. The van der Waals surface area contributed by atoms with Crippen LogP contribution in [-0.4, -0.2) is 48.0 Å². The molecule has 0 spiro atoms. The van der Waals surface area contributed by atoms with E-state index in [4.69, 9.17) is 9.47 Å². The smallest absolute Gasteiger partial charge is 0.310 e. The van der Waals surface area contributed by atoms with Crippen LogP contribution in [0.1, 0.15) is 0 Å². The molecule has 0 aliphatic carbocycles. The third-order valence-electron chi connectivity index (χ3n) is 3.61. The van der Waals surface area contributed by atoms with Crippen LogP contribution in [0.5, 0.6) is 11.5 Å². The van der Waals surface area contributed by atoms with Crippen LogP contribution >= 0.6 is 0 Å². The minimum atomic E-state index is -0.616. The Hall–Kier alpha value is -4.22. The molecule has 2 N–H and O–H groups in total. The quantitative estimate of drug-likeness (QED) is 0.312. The van der Waals surface area contributed by atoms with Crippen LogP contribution in [0.2, 0.25) is 0 Å². The Labute approximate surface area is 170 Å². The van der Waals surface area contributed by atoms with Crippen LogP contribution in [0.4, 0.5) is 11.4 Å². The maximum absolute atomic E-state index is 11.7. The van der Waals surface area contributed by atoms with Crippen molar-refractivity contribution in [1.29, 1.82) is 0 Å². The summed E-state index contributed by atoms with van der Waals surface area (Å²) in [5.74, 6) is -1.12. The number of hydrogen-bond donors (Lipinski definition) is 2. The molecule has 12 heteroatoms. The largest absolute Gasteiger partial charge is 0.477 e. The normalized spacial score (nSPS) is 10.0. The molecule has 0 aliphatic rings. The van der Waals surface area contributed by atoms with E-state index in [2.05, 4.69) is 10.6 Å². The first-order valence-corrected chi connectivity index (χ1v) is 8.64. The zero-order valence-electron chi connectivity index (χ0n) is 15.6. The van der Waals surface area contributed by atoms with Gasteiger partial charge in [0.25, 0.3) is 11.8 Å². The Kier molecular flexibility index (Phi) is 8.05. The topological polar surface area (TPSA) is 163 Å². The Morgan fingerprint density at radius 1 is 0.733 bits per heavy atom. The van der Waals surface area contributed by atoms with Gasteiger partial charge in [-0.3, -0.25) is 29.8 Å². The number of ether oxygens (including phenoxy) is 2. The van der Waals surface area contributed by atoms with Crippen molar-refractivity contribution in [3.8, 4) is 11.5 Å². The molecule has 2 amide bonds. The third kappa shape index (κ3) is 6.74. The number of nitro benzene ring substituents is 2. The van der Waals surface area contributed by atoms with Crippen molar-refractivity contribution < 1.29 is 28.9 Å². The number of carbonyl (C=O) groups is 2. The highest BCUT2D eigenvalue weighted by molar-refractivity contribution is 5.78. The molecule has 2 aromatic carbocycles. The van der Waals surface area contributed by atoms with E-state index in [0.717, 1.165) is 0 Å². The van der Waals surface area contributed by atoms with E-state index in [9.17, 15) is 29.8 Å². The Bertz CT molecular complexity index is 858. The van der Waals surface area contributed by atoms with Gasteiger partial charge in [-0.2, -0.15) is 0 Å². The van der Waals surface area contributed by atoms with Gasteiger partial charge in [0, 0.05) is 25.2 Å². The number of carbonyl (C=O) groups excluding carboxylic acids is 2. The molecule has 0 bridgehead atoms. The average molecular weight is 418 g/mol. The molecule has 30 heavy (non-hydrogen) atoms. The van der Waals surface area contributed by atoms with E-state index in [0.29, 0.717) is 0 Å². The minimum Gasteiger partial charge on any atom is -0.477 e. The molecule has 158 valence electrons. The molecule has 0 heterocycles. The lowest BCUT2D eigenvalue weighted by atomic mass is 10.3. The van der Waals surface area contributed by atoms with E-state index >= 15 is 0 Å². The maximum Gasteiger partial charge on any atom is 0.310 e. The first kappa shape index (κ1) is 22.1. The van der Waals surface area contributed by atoms with E-state index in [-0.39, 0.29) is 36.0 Å². The average Bonchev–Trinajstić information content (AvgIpc) is 2.74. The lowest BCUT2D eigenvalue weighted by Crippen LogP contribution is -2.38. The number of nitrogens with zero attached hydrogens (tertiary/aromatic N) is 2. The zero-order valence-corrected chi connectivity index (χ0v) is 15.6. The fraction of sp³-hybridized carbons (Fsp3) is 0.222. The molecule has 0 unspecified atom stereocenters. The lowest BCUT2D eigenvalue weighted by molar-refractivity contribution is -0.386. The van der Waals surface area contributed by atoms with Crippen LogP contribution in [0.3, 0.4) is 0 Å². The van der Waals surface area contributed by atoms with Gasteiger partial charge < -0.3 is 20.1 Å². The molecular formula is C18H18N4O8. The van der Waals surface area contributed by atoms with Crippen molar-refractivity contribution in [2.75, 3.05) is 26.3 Å². The van der Waals surface area contributed by atoms with Crippen LogP contribution in [0, 0.1) is 20.2 Å². The summed E-state index contributed by atoms with van der Waals surface area (Å²) < 4.78 is 10.3. The SMILES string of the molecule is O=C(COc1ccccc1[N+](=O)[O-])NCCNC(=O)COc1ccccc1[N+](=O)[O-]. The molecule has 12 nitrogen and oxygen atoms in total. The van der Waals surface area contributed by atoms with Crippen molar-refractivity contribution in [2.45, 2.75) is 0 Å². The van der Waals surface area contributed by atoms with Gasteiger partial charge >= 0.3 is 11.4 Å². The summed E-state index contributed by atoms with van der Waals surface area (Å²) in [6.45, 7) is -0.703. The van der Waals surface area contributed by atoms with Crippen LogP contribution in [-0.2, 0) is 9.59 Å². The van der Waals surface area contributed by atoms with Gasteiger partial charge in [0.05, 0.1) is 9.85 Å². The van der Waals surface area contributed by atoms with E-state index in [1.165, 1.54) is 36.4 Å². The standard InChI is InChI=1S/C18H18N4O8/c23-17(11-29-15-7-3-1-5-13(15)21(25)26)19-9-10-20-18(24)12-30-16-8-4-2-6-14(16)22(27)28/h1-8H,9-12H2,(H,19,23)(H,20,24). The Morgan fingerprint density at radius 3 is 1.47 bits per heavy atom. The predicted molar refractivity (Wildman–Crippen MR) is 103 cm³/mol. The number of benzene rings is 2. The summed E-state index contributed by atoms with van der Waals surface area (Å²) in [7, 11) is 0. The van der Waals surface area contributed by atoms with Gasteiger partial charge in [-0.25, -0.2) is 0 Å². The summed E-state index contributed by atoms with van der Waals surface area (Å²) in [5.41, 5.74) is -0.507. The van der Waals surface area contributed by atoms with E-state index in [1.54, 1.807) is 12.1 Å². The van der Waals surface area contributed by atoms with Crippen molar-refractivity contribution >= 4 is 23.2 Å². The summed E-state index contributed by atoms with van der Waals surface area (Å²) in [6.07, 6.45) is 0. The van der Waals surface area contributed by atoms with Gasteiger partial charge in [0.15, 0.2) is 24.7 Å². The number of amides is 2. The summed E-state index contributed by atoms with van der Waals surface area (Å²) in [4.78, 5) is 44.0. The second-order valence-corrected chi connectivity index (χ2v) is 5.73. The fourth-order valence-corrected chi connectivity index (χ4v) is 2.25. The second-order valence-electron chi connectivity index (χ2n) is 5.73. The monoisotopic (exact) mass is 418 g/mol. The number of para-hydroxylation sites is 4. The third-order valence-corrected chi connectivity index (χ3v) is 3.61. The highest BCUT2D eigenvalue weighted by Gasteiger charge is 2.16. The Morgan fingerprint density at radius 2 is 1.10 bits per heavy atom. The fourth-order valence-electron chi connectivity index (χ4n) is 2.25. The zero-order chi connectivity index (χ0) is 21.9. The number of hydrogen-bond acceptors (Lipinski definition) is 8. The first-order valence-electron chi connectivity index (χ1n) is 8.64. The highest BCUT2D eigenvalue weighted by Crippen LogP contribution is 2.26. The van der Waals surface area contributed by atoms with E-state index < -0.39 is 34.9 Å². The van der Waals surface area contributed by atoms with Crippen LogP contribution in [0.25, 0.3) is 0 Å². The number of nitrogens with one attached hydrogen (secondary N) is 2. The van der Waals surface area contributed by atoms with Gasteiger partial charge in [-0.15, -0.1) is 0 Å². The number of rotatable bonds is 11. The molecule has 0 fully saturated rings. The van der Waals surface area contributed by atoms with E-state index in [1.807, 2.05) is 0 Å². The van der Waals surface area contributed by atoms with Gasteiger partial charge in [-0.1, -0.05) is 24.3 Å². The lowest BCUT2D eigenvalue weighted by Gasteiger charge is -2.09. The molecule has 0 atom stereocenters. The number of nitro groups is 2. The van der Waals surface area contributed by atoms with Crippen LogP contribution in [0.15, 0.2) is 48.5 Å². The summed E-state index contributed by atoms with van der Waals surface area (Å²) in [5, 5.41) is 26.7. The molecule has 2 aromatic rings. The molecule has 0 aromatic heterocycles. The second kappa shape index (κ2) is 10.9. The molecule has 0 saturated heterocycles. The summed E-state index contributed by atoms with van der Waals surface area (Å²) >= 11 is 0. The maximum atomic E-state index is 11.7. The molecular weight excluding hydrogens is 400 g/mol. The predicted octanol–water partition coefficient (Wildman–Crippen LogP) is 1.19. The Balaban J connectivity index is 1.66. The van der Waals surface area contributed by atoms with Gasteiger partial charge in [-0.05, 0) is 12.1 Å². The first-order chi connectivity index (χ1) is 14.4. The molecule has 2 rings (SSSR count).